The van der Waals surface area contributed by atoms with E-state index in [1.54, 1.807) is 13.8 Å². The average Bonchev–Trinajstić information content (AvgIpc) is 2.24. The summed E-state index contributed by atoms with van der Waals surface area (Å²) < 4.78 is 63.1. The molecule has 0 amide bonds. The first-order valence-electron chi connectivity index (χ1n) is 5.22. The predicted octanol–water partition coefficient (Wildman–Crippen LogP) is 1.30. The Morgan fingerprint density at radius 1 is 0.944 bits per heavy atom. The van der Waals surface area contributed by atoms with Gasteiger partial charge in [-0.2, -0.15) is 16.8 Å². The number of hydrogen-bond acceptors (Lipinski definition) is 4. The zero-order valence-corrected chi connectivity index (χ0v) is 11.5. The quantitative estimate of drug-likeness (QED) is 0.810. The molecular formula is C10H14O6S2. The molecule has 1 rings (SSSR count). The Morgan fingerprint density at radius 3 is 1.83 bits per heavy atom. The van der Waals surface area contributed by atoms with Crippen molar-refractivity contribution in [2.45, 2.75) is 36.5 Å². The van der Waals surface area contributed by atoms with E-state index in [-0.39, 0.29) is 12.0 Å². The first-order chi connectivity index (χ1) is 8.11. The van der Waals surface area contributed by atoms with Gasteiger partial charge in [0.2, 0.25) is 0 Å². The van der Waals surface area contributed by atoms with Crippen LogP contribution in [0.3, 0.4) is 0 Å². The molecular weight excluding hydrogens is 280 g/mol. The molecule has 1 aromatic carbocycles. The van der Waals surface area contributed by atoms with E-state index in [1.165, 1.54) is 6.07 Å². The summed E-state index contributed by atoms with van der Waals surface area (Å²) in [4.78, 5) is -1.52. The average molecular weight is 294 g/mol. The molecule has 0 aliphatic carbocycles. The van der Waals surface area contributed by atoms with Gasteiger partial charge in [0.1, 0.15) is 9.79 Å². The van der Waals surface area contributed by atoms with Crippen LogP contribution in [-0.2, 0) is 33.1 Å². The summed E-state index contributed by atoms with van der Waals surface area (Å²) in [5.41, 5.74) is 0.719. The summed E-state index contributed by atoms with van der Waals surface area (Å²) >= 11 is 0. The smallest absolute Gasteiger partial charge is 0.282 e. The van der Waals surface area contributed by atoms with Gasteiger partial charge in [0.05, 0.1) is 0 Å². The Labute approximate surface area is 106 Å². The molecule has 2 N–H and O–H groups in total. The molecule has 0 bridgehead atoms. The Morgan fingerprint density at radius 2 is 1.50 bits per heavy atom. The molecule has 1 aromatic rings. The maximum absolute atomic E-state index is 11.3. The van der Waals surface area contributed by atoms with Gasteiger partial charge in [-0.1, -0.05) is 19.9 Å². The lowest BCUT2D eigenvalue weighted by molar-refractivity contribution is 0.465. The van der Waals surface area contributed by atoms with Crippen LogP contribution in [0.1, 0.15) is 25.0 Å². The zero-order chi connectivity index (χ0) is 14.1. The zero-order valence-electron chi connectivity index (χ0n) is 9.91. The van der Waals surface area contributed by atoms with Crippen LogP contribution in [0.4, 0.5) is 0 Å². The van der Waals surface area contributed by atoms with Crippen LogP contribution in [0.5, 0.6) is 0 Å². The predicted molar refractivity (Wildman–Crippen MR) is 64.8 cm³/mol. The third-order valence-corrected chi connectivity index (χ3v) is 4.52. The fourth-order valence-corrected chi connectivity index (χ4v) is 3.82. The molecule has 0 spiro atoms. The molecule has 0 fully saturated rings. The van der Waals surface area contributed by atoms with Crippen LogP contribution < -0.4 is 0 Å². The third-order valence-electron chi connectivity index (χ3n) is 2.52. The Balaban J connectivity index is 3.87. The maximum atomic E-state index is 11.3. The van der Waals surface area contributed by atoms with Crippen molar-refractivity contribution in [1.82, 2.24) is 0 Å². The van der Waals surface area contributed by atoms with Gasteiger partial charge in [0.15, 0.2) is 0 Å². The van der Waals surface area contributed by atoms with Crippen molar-refractivity contribution in [2.24, 2.45) is 0 Å². The van der Waals surface area contributed by atoms with Gasteiger partial charge in [0, 0.05) is 0 Å². The van der Waals surface area contributed by atoms with Crippen molar-refractivity contribution in [3.63, 3.8) is 0 Å². The summed E-state index contributed by atoms with van der Waals surface area (Å²) in [6.07, 6.45) is 0.687. The minimum Gasteiger partial charge on any atom is -0.282 e. The minimum atomic E-state index is -4.72. The van der Waals surface area contributed by atoms with Crippen LogP contribution in [-0.4, -0.2) is 25.9 Å². The fraction of sp³-hybridized carbons (Fsp3) is 0.400. The summed E-state index contributed by atoms with van der Waals surface area (Å²) in [6, 6.07) is 2.55. The van der Waals surface area contributed by atoms with E-state index < -0.39 is 30.0 Å². The van der Waals surface area contributed by atoms with E-state index in [2.05, 4.69) is 0 Å². The van der Waals surface area contributed by atoms with Gasteiger partial charge in [-0.25, -0.2) is 0 Å². The van der Waals surface area contributed by atoms with Gasteiger partial charge in [-0.15, -0.1) is 0 Å². The van der Waals surface area contributed by atoms with E-state index in [0.29, 0.717) is 12.0 Å². The van der Waals surface area contributed by atoms with Crippen LogP contribution in [0.15, 0.2) is 21.9 Å². The highest BCUT2D eigenvalue weighted by Crippen LogP contribution is 2.27. The SMILES string of the molecule is CCc1cc(CC)c(S(=O)(=O)O)c(S(=O)(=O)O)c1. The molecule has 0 aromatic heterocycles. The molecule has 0 saturated heterocycles. The van der Waals surface area contributed by atoms with Crippen LogP contribution in [0, 0.1) is 0 Å². The molecule has 18 heavy (non-hydrogen) atoms. The van der Waals surface area contributed by atoms with Gasteiger partial charge in [-0.05, 0) is 30.0 Å². The van der Waals surface area contributed by atoms with Crippen molar-refractivity contribution in [3.8, 4) is 0 Å². The summed E-state index contributed by atoms with van der Waals surface area (Å²) in [5.74, 6) is 0. The Bertz CT molecular complexity index is 658. The van der Waals surface area contributed by atoms with Crippen molar-refractivity contribution in [1.29, 1.82) is 0 Å². The number of benzene rings is 1. The molecule has 0 radical (unpaired) electrons. The molecule has 0 unspecified atom stereocenters. The molecule has 0 saturated carbocycles. The molecule has 0 atom stereocenters. The van der Waals surface area contributed by atoms with Gasteiger partial charge < -0.3 is 0 Å². The minimum absolute atomic E-state index is 0.157. The topological polar surface area (TPSA) is 109 Å². The highest BCUT2D eigenvalue weighted by molar-refractivity contribution is 7.89. The van der Waals surface area contributed by atoms with Crippen molar-refractivity contribution >= 4 is 20.2 Å². The molecule has 0 aliphatic heterocycles. The van der Waals surface area contributed by atoms with Crippen molar-refractivity contribution in [2.75, 3.05) is 0 Å². The van der Waals surface area contributed by atoms with Gasteiger partial charge in [-0.3, -0.25) is 9.11 Å². The second-order valence-electron chi connectivity index (χ2n) is 3.74. The molecule has 0 aliphatic rings. The van der Waals surface area contributed by atoms with Crippen LogP contribution >= 0.6 is 0 Å². The first kappa shape index (κ1) is 15.1. The van der Waals surface area contributed by atoms with E-state index in [0.717, 1.165) is 6.07 Å². The largest absolute Gasteiger partial charge is 0.296 e. The number of rotatable bonds is 4. The number of hydrogen-bond donors (Lipinski definition) is 2. The summed E-state index contributed by atoms with van der Waals surface area (Å²) in [7, 11) is -9.44. The summed E-state index contributed by atoms with van der Waals surface area (Å²) in [6.45, 7) is 3.38. The van der Waals surface area contributed by atoms with E-state index in [9.17, 15) is 16.8 Å². The van der Waals surface area contributed by atoms with Crippen LogP contribution in [0.2, 0.25) is 0 Å². The molecule has 6 nitrogen and oxygen atoms in total. The first-order valence-corrected chi connectivity index (χ1v) is 8.10. The maximum Gasteiger partial charge on any atom is 0.296 e. The second kappa shape index (κ2) is 4.96. The lowest BCUT2D eigenvalue weighted by Crippen LogP contribution is -2.12. The molecule has 102 valence electrons. The second-order valence-corrected chi connectivity index (χ2v) is 6.49. The van der Waals surface area contributed by atoms with E-state index >= 15 is 0 Å². The normalized spacial score (nSPS) is 12.7. The molecule has 8 heteroatoms. The van der Waals surface area contributed by atoms with Gasteiger partial charge in [0.25, 0.3) is 20.2 Å². The van der Waals surface area contributed by atoms with E-state index in [1.807, 2.05) is 0 Å². The lowest BCUT2D eigenvalue weighted by atomic mass is 10.1. The fourth-order valence-electron chi connectivity index (χ4n) is 1.67. The van der Waals surface area contributed by atoms with Crippen molar-refractivity contribution < 1.29 is 25.9 Å². The monoisotopic (exact) mass is 294 g/mol. The highest BCUT2D eigenvalue weighted by atomic mass is 32.2. The Hall–Kier alpha value is -0.960. The number of aryl methyl sites for hydroxylation is 2. The standard InChI is InChI=1S/C10H14O6S2/c1-3-7-5-8(4-2)10(18(14,15)16)9(6-7)17(11,12)13/h5-6H,3-4H2,1-2H3,(H,11,12,13)(H,14,15,16). The van der Waals surface area contributed by atoms with Crippen molar-refractivity contribution in [3.05, 3.63) is 23.3 Å². The Kier molecular flexibility index (Phi) is 4.16. The third kappa shape index (κ3) is 3.08. The van der Waals surface area contributed by atoms with Gasteiger partial charge >= 0.3 is 0 Å². The summed E-state index contributed by atoms with van der Waals surface area (Å²) in [5, 5.41) is 0. The lowest BCUT2D eigenvalue weighted by Gasteiger charge is -2.11. The van der Waals surface area contributed by atoms with E-state index in [4.69, 9.17) is 9.11 Å². The highest BCUT2D eigenvalue weighted by Gasteiger charge is 2.27. The molecule has 0 heterocycles. The van der Waals surface area contributed by atoms with Crippen LogP contribution in [0.25, 0.3) is 0 Å².